The highest BCUT2D eigenvalue weighted by molar-refractivity contribution is 9.10. The van der Waals surface area contributed by atoms with Crippen molar-refractivity contribution in [3.63, 3.8) is 0 Å². The van der Waals surface area contributed by atoms with Crippen LogP contribution in [0.1, 0.15) is 103 Å². The number of alkyl halides is 1. The summed E-state index contributed by atoms with van der Waals surface area (Å²) in [6.45, 7) is 4.78. The maximum absolute atomic E-state index is 15.1. The van der Waals surface area contributed by atoms with Gasteiger partial charge in [-0.3, -0.25) is 28.2 Å². The van der Waals surface area contributed by atoms with Gasteiger partial charge >= 0.3 is 22.8 Å². The van der Waals surface area contributed by atoms with Gasteiger partial charge in [0, 0.05) is 30.7 Å². The number of aryl methyl sites for hydroxylation is 3. The van der Waals surface area contributed by atoms with E-state index in [4.69, 9.17) is 42.8 Å². The summed E-state index contributed by atoms with van der Waals surface area (Å²) < 4.78 is 77.1. The van der Waals surface area contributed by atoms with Crippen LogP contribution in [0.2, 0.25) is 0 Å². The number of aromatic nitrogens is 4. The molecule has 3 N–H and O–H groups in total. The van der Waals surface area contributed by atoms with Crippen molar-refractivity contribution in [3.8, 4) is 0 Å². The van der Waals surface area contributed by atoms with Crippen LogP contribution in [0.3, 0.4) is 0 Å². The number of halogens is 1. The number of rotatable bonds is 27. The number of amides is 2. The second kappa shape index (κ2) is 33.8. The summed E-state index contributed by atoms with van der Waals surface area (Å²) in [5.41, 5.74) is 16.3. The van der Waals surface area contributed by atoms with Crippen molar-refractivity contribution in [1.29, 1.82) is 0 Å². The molecule has 2 fully saturated rings. The van der Waals surface area contributed by atoms with Crippen molar-refractivity contribution < 1.29 is 50.4 Å². The molecule has 0 bridgehead atoms. The van der Waals surface area contributed by atoms with E-state index in [2.05, 4.69) is 36.1 Å². The molecule has 2 saturated carbocycles. The minimum atomic E-state index is -4.02. The third-order valence-electron chi connectivity index (χ3n) is 17.0. The van der Waals surface area contributed by atoms with E-state index in [1.807, 2.05) is 219 Å². The molecule has 20 nitrogen and oxygen atoms in total. The second-order valence-electron chi connectivity index (χ2n) is 24.8. The fourth-order valence-corrected chi connectivity index (χ4v) is 16.3. The largest absolute Gasteiger partial charge is 0.397 e. The highest BCUT2D eigenvalue weighted by Gasteiger charge is 2.44. The van der Waals surface area contributed by atoms with Crippen LogP contribution in [-0.4, -0.2) is 61.4 Å². The topological polar surface area (TPSA) is 240 Å². The molecule has 2 aliphatic carbocycles. The normalized spacial score (nSPS) is 14.1. The van der Waals surface area contributed by atoms with Gasteiger partial charge in [-0.25, -0.2) is 19.9 Å². The highest BCUT2D eigenvalue weighted by Crippen LogP contribution is 2.56. The first-order valence-corrected chi connectivity index (χ1v) is 39.7. The average Bonchev–Trinajstić information content (AvgIpc) is 1.60. The number of pyridine rings is 4. The van der Waals surface area contributed by atoms with Gasteiger partial charge in [0.1, 0.15) is 23.0 Å². The molecule has 24 heteroatoms. The highest BCUT2D eigenvalue weighted by atomic mass is 79.9. The maximum atomic E-state index is 15.1. The second-order valence-corrected chi connectivity index (χ2v) is 32.5. The zero-order chi connectivity index (χ0) is 70.2. The first-order chi connectivity index (χ1) is 49.1. The van der Waals surface area contributed by atoms with Gasteiger partial charge in [0.2, 0.25) is 0 Å². The molecular weight excluding hydrogens is 1400 g/mol. The summed E-state index contributed by atoms with van der Waals surface area (Å²) in [7, 11) is -10.7. The van der Waals surface area contributed by atoms with E-state index in [0.29, 0.717) is 58.8 Å². The summed E-state index contributed by atoms with van der Waals surface area (Å²) >= 11 is 3.21. The Hall–Kier alpha value is -8.81. The number of hydrogen-bond donors (Lipinski definition) is 2. The van der Waals surface area contributed by atoms with E-state index in [0.717, 1.165) is 87.3 Å². The lowest BCUT2D eigenvalue weighted by Crippen LogP contribution is -2.33. The molecule has 0 unspecified atom stereocenters. The van der Waals surface area contributed by atoms with Crippen molar-refractivity contribution in [2.24, 2.45) is 0 Å². The number of hydrogen-bond acceptors (Lipinski definition) is 18. The number of nitrogens with one attached hydrogen (secondary N) is 1. The van der Waals surface area contributed by atoms with Gasteiger partial charge in [0.05, 0.1) is 80.2 Å². The number of anilines is 7. The molecule has 2 amide bonds. The Kier molecular flexibility index (Phi) is 24.1. The minimum Gasteiger partial charge on any atom is -0.397 e. The molecule has 0 radical (unpaired) electrons. The smallest absolute Gasteiger partial charge is 0.350 e. The van der Waals surface area contributed by atoms with Crippen molar-refractivity contribution in [2.45, 2.75) is 104 Å². The molecule has 4 aliphatic rings. The zero-order valence-electron chi connectivity index (χ0n) is 56.1. The molecule has 10 aromatic rings. The van der Waals surface area contributed by atoms with Gasteiger partial charge in [0.25, 0.3) is 11.8 Å². The van der Waals surface area contributed by atoms with Crippen LogP contribution in [0.25, 0.3) is 0 Å². The number of nitrogen functional groups attached to an aromatic ring is 1. The number of benzene rings is 6. The molecule has 0 saturated heterocycles. The molecule has 4 aromatic heterocycles. The molecule has 101 heavy (non-hydrogen) atoms. The van der Waals surface area contributed by atoms with Crippen molar-refractivity contribution >= 4 is 90.9 Å². The van der Waals surface area contributed by atoms with E-state index in [1.165, 1.54) is 4.90 Å². The third kappa shape index (κ3) is 19.2. The zero-order valence-corrected chi connectivity index (χ0v) is 60.4. The van der Waals surface area contributed by atoms with E-state index in [-0.39, 0.29) is 69.1 Å². The van der Waals surface area contributed by atoms with Crippen LogP contribution in [0, 0.1) is 13.8 Å². The number of nitrogens with zero attached hydrogens (tertiary/aromatic N) is 7. The van der Waals surface area contributed by atoms with Gasteiger partial charge in [-0.05, 0) is 127 Å². The van der Waals surface area contributed by atoms with Gasteiger partial charge in [-0.15, -0.1) is 0 Å². The van der Waals surface area contributed by atoms with E-state index < -0.39 is 28.7 Å². The minimum absolute atomic E-state index is 0.0261. The average molecular weight is 1480 g/mol. The SMILES string of the molecule is Cc1ccnc2c1N(CP(=O)(OCc1ccccc1)OCc1ccccc1)C(=O)c1cc(CCCP(=O)(OCc3ccccc3)OCc3ccccc3)cnc1N2C1CC1.Cc1ccnc2c1NC(=O)c1cc(N)cnc1N2C1CC1.O=P(CBr)(OCc1ccccc1)OCc1ccccc1. The Labute approximate surface area is 597 Å². The van der Waals surface area contributed by atoms with Gasteiger partial charge in [0.15, 0.2) is 11.6 Å². The van der Waals surface area contributed by atoms with Gasteiger partial charge in [-0.2, -0.15) is 0 Å². The predicted octanol–water partition coefficient (Wildman–Crippen LogP) is 18.4. The first-order valence-electron chi connectivity index (χ1n) is 33.4. The lowest BCUT2D eigenvalue weighted by atomic mass is 10.1. The van der Waals surface area contributed by atoms with Crippen LogP contribution < -0.4 is 25.8 Å². The maximum Gasteiger partial charge on any atom is 0.350 e. The lowest BCUT2D eigenvalue weighted by molar-refractivity contribution is 0.0985. The fourth-order valence-electron chi connectivity index (χ4n) is 11.4. The Morgan fingerprint density at radius 2 is 0.861 bits per heavy atom. The van der Waals surface area contributed by atoms with Crippen LogP contribution in [0.15, 0.2) is 231 Å². The Bertz CT molecular complexity index is 4450. The van der Waals surface area contributed by atoms with E-state index in [1.54, 1.807) is 30.9 Å². The van der Waals surface area contributed by atoms with E-state index >= 15 is 4.79 Å². The molecule has 2 aliphatic heterocycles. The standard InChI is InChI=1S/C47H48N4O7P2.C15H16BrO3P.C15H15N5O/c1-36-26-27-48-46-44(36)50(35-60(54,57-33-39-19-10-4-11-20-39)58-34-40-21-12-5-13-22-40)47(52)43-29-41(30-49-45(43)51(46)42-24-25-42)23-14-28-59(53,55-31-37-15-6-2-7-16-37)56-32-38-17-8-3-9-18-38;16-13-20(17,18-11-14-7-3-1-4-8-14)19-12-15-9-5-2-6-10-15;1-8-4-5-17-14-12(8)19-15(21)11-6-9(16)7-18-13(11)20(14)10-2-3-10/h2-13,15-22,26-27,29-30,42H,14,23-25,28,31-35H2,1H3;1-10H,11-13H2;4-7,10H,2-3,16H2,1H3,(H,19,21). The van der Waals surface area contributed by atoms with Crippen LogP contribution in [-0.2, 0) is 86.9 Å². The molecule has 6 heterocycles. The molecule has 0 atom stereocenters. The van der Waals surface area contributed by atoms with Gasteiger partial charge < -0.3 is 48.0 Å². The molecule has 14 rings (SSSR count). The van der Waals surface area contributed by atoms with Crippen LogP contribution >= 0.6 is 38.7 Å². The Morgan fingerprint density at radius 1 is 0.465 bits per heavy atom. The number of nitrogens with two attached hydrogens (primary N) is 1. The summed E-state index contributed by atoms with van der Waals surface area (Å²) in [6.07, 6.45) is 11.5. The summed E-state index contributed by atoms with van der Waals surface area (Å²) in [6, 6.07) is 65.1. The molecule has 6 aromatic carbocycles. The predicted molar refractivity (Wildman–Crippen MR) is 398 cm³/mol. The number of carbonyl (C=O) groups excluding carboxylic acids is 2. The van der Waals surface area contributed by atoms with Crippen LogP contribution in [0.4, 0.5) is 40.3 Å². The lowest BCUT2D eigenvalue weighted by Gasteiger charge is -2.29. The number of fused-ring (bicyclic) bond motifs is 4. The summed E-state index contributed by atoms with van der Waals surface area (Å²) in [5, 5.41) is 3.13. The van der Waals surface area contributed by atoms with E-state index in [9.17, 15) is 18.5 Å². The molecule has 0 spiro atoms. The Balaban J connectivity index is 0.000000189. The first kappa shape index (κ1) is 72.0. The Morgan fingerprint density at radius 3 is 1.31 bits per heavy atom. The summed E-state index contributed by atoms with van der Waals surface area (Å²) in [4.78, 5) is 51.8. The van der Waals surface area contributed by atoms with Crippen molar-refractivity contribution in [2.75, 3.05) is 43.3 Å². The van der Waals surface area contributed by atoms with Crippen molar-refractivity contribution in [3.05, 3.63) is 292 Å². The summed E-state index contributed by atoms with van der Waals surface area (Å²) in [5.74, 6) is 1.87. The quantitative estimate of drug-likeness (QED) is 0.0359. The monoisotopic (exact) mass is 1480 g/mol. The molecular formula is C77H79BrN9O11P3. The van der Waals surface area contributed by atoms with Crippen LogP contribution in [0.5, 0.6) is 0 Å². The number of carbonyl (C=O) groups is 2. The molecule has 520 valence electrons. The van der Waals surface area contributed by atoms with Crippen molar-refractivity contribution in [1.82, 2.24) is 19.9 Å². The van der Waals surface area contributed by atoms with Gasteiger partial charge in [-0.1, -0.05) is 198 Å². The third-order valence-corrected chi connectivity index (χ3v) is 23.8. The fraction of sp³-hybridized carbons (Fsp3) is 0.247.